The summed E-state index contributed by atoms with van der Waals surface area (Å²) < 4.78 is 13.6. The third kappa shape index (κ3) is 2.65. The number of halogens is 1. The number of carbonyl (C=O) groups is 1. The Balaban J connectivity index is 1.72. The maximum atomic E-state index is 13.6. The van der Waals surface area contributed by atoms with Gasteiger partial charge in [-0.15, -0.1) is 0 Å². The van der Waals surface area contributed by atoms with Crippen LogP contribution in [0.15, 0.2) is 18.2 Å². The zero-order valence-corrected chi connectivity index (χ0v) is 12.2. The van der Waals surface area contributed by atoms with Gasteiger partial charge in [0.1, 0.15) is 5.82 Å². The number of fused-ring (bicyclic) bond motifs is 1. The van der Waals surface area contributed by atoms with Crippen molar-refractivity contribution in [3.63, 3.8) is 0 Å². The molecule has 0 aromatic heterocycles. The van der Waals surface area contributed by atoms with E-state index >= 15 is 0 Å². The summed E-state index contributed by atoms with van der Waals surface area (Å²) in [4.78, 5) is 12.6. The number of aryl methyl sites for hydroxylation is 1. The number of Topliss-reactive ketones (excluding diaryl/α,β-unsaturated/α-hetero) is 1. The topological polar surface area (TPSA) is 17.1 Å². The summed E-state index contributed by atoms with van der Waals surface area (Å²) in [6.07, 6.45) is 8.54. The Hall–Kier alpha value is -1.18. The molecule has 2 aliphatic rings. The minimum absolute atomic E-state index is 0.122. The van der Waals surface area contributed by atoms with E-state index in [4.69, 9.17) is 0 Å². The SMILES string of the molecule is Cc1ccc(C(=O)C2CCC3CCCCC3C2)cc1F. The lowest BCUT2D eigenvalue weighted by molar-refractivity contribution is 0.0763. The molecule has 108 valence electrons. The first kappa shape index (κ1) is 13.8. The highest BCUT2D eigenvalue weighted by atomic mass is 19.1. The summed E-state index contributed by atoms with van der Waals surface area (Å²) in [5, 5.41) is 0. The number of carbonyl (C=O) groups excluding carboxylic acids is 1. The molecule has 0 heterocycles. The Labute approximate surface area is 120 Å². The number of hydrogen-bond donors (Lipinski definition) is 0. The third-order valence-corrected chi connectivity index (χ3v) is 5.37. The van der Waals surface area contributed by atoms with Gasteiger partial charge in [0.25, 0.3) is 0 Å². The Morgan fingerprint density at radius 2 is 1.85 bits per heavy atom. The Bertz CT molecular complexity index is 508. The van der Waals surface area contributed by atoms with Crippen LogP contribution in [-0.4, -0.2) is 5.78 Å². The normalized spacial score (nSPS) is 29.8. The summed E-state index contributed by atoms with van der Waals surface area (Å²) in [5.74, 6) is 1.61. The summed E-state index contributed by atoms with van der Waals surface area (Å²) in [6, 6.07) is 4.92. The lowest BCUT2D eigenvalue weighted by Crippen LogP contribution is -2.31. The number of benzene rings is 1. The molecule has 0 amide bonds. The molecule has 0 N–H and O–H groups in total. The summed E-state index contributed by atoms with van der Waals surface area (Å²) in [5.41, 5.74) is 1.17. The zero-order chi connectivity index (χ0) is 14.1. The molecule has 0 bridgehead atoms. The molecular weight excluding hydrogens is 251 g/mol. The van der Waals surface area contributed by atoms with Crippen molar-refractivity contribution in [2.75, 3.05) is 0 Å². The van der Waals surface area contributed by atoms with Gasteiger partial charge in [-0.2, -0.15) is 0 Å². The van der Waals surface area contributed by atoms with Gasteiger partial charge in [-0.3, -0.25) is 4.79 Å². The van der Waals surface area contributed by atoms with E-state index in [1.54, 1.807) is 19.1 Å². The fraction of sp³-hybridized carbons (Fsp3) is 0.611. The third-order valence-electron chi connectivity index (χ3n) is 5.37. The molecule has 3 unspecified atom stereocenters. The Morgan fingerprint density at radius 1 is 1.10 bits per heavy atom. The van der Waals surface area contributed by atoms with Gasteiger partial charge >= 0.3 is 0 Å². The molecular formula is C18H23FO. The number of rotatable bonds is 2. The summed E-state index contributed by atoms with van der Waals surface area (Å²) in [7, 11) is 0. The number of hydrogen-bond acceptors (Lipinski definition) is 1. The van der Waals surface area contributed by atoms with E-state index in [0.717, 1.165) is 24.7 Å². The minimum atomic E-state index is -0.262. The summed E-state index contributed by atoms with van der Waals surface area (Å²) in [6.45, 7) is 1.73. The Morgan fingerprint density at radius 3 is 2.60 bits per heavy atom. The lowest BCUT2D eigenvalue weighted by atomic mass is 9.66. The molecule has 2 aliphatic carbocycles. The fourth-order valence-corrected chi connectivity index (χ4v) is 4.09. The van der Waals surface area contributed by atoms with Crippen LogP contribution in [0, 0.1) is 30.5 Å². The highest BCUT2D eigenvalue weighted by Crippen LogP contribution is 2.43. The predicted molar refractivity (Wildman–Crippen MR) is 78.3 cm³/mol. The van der Waals surface area contributed by atoms with Crippen LogP contribution in [0.5, 0.6) is 0 Å². The van der Waals surface area contributed by atoms with Crippen LogP contribution < -0.4 is 0 Å². The first-order valence-corrected chi connectivity index (χ1v) is 7.95. The van der Waals surface area contributed by atoms with Crippen molar-refractivity contribution in [1.82, 2.24) is 0 Å². The van der Waals surface area contributed by atoms with Crippen molar-refractivity contribution in [1.29, 1.82) is 0 Å². The summed E-state index contributed by atoms with van der Waals surface area (Å²) >= 11 is 0. The van der Waals surface area contributed by atoms with Gasteiger partial charge in [0.05, 0.1) is 0 Å². The molecule has 2 saturated carbocycles. The van der Waals surface area contributed by atoms with Crippen molar-refractivity contribution in [2.24, 2.45) is 17.8 Å². The molecule has 1 aromatic carbocycles. The van der Waals surface area contributed by atoms with Crippen molar-refractivity contribution >= 4 is 5.78 Å². The molecule has 2 fully saturated rings. The Kier molecular flexibility index (Phi) is 3.91. The van der Waals surface area contributed by atoms with E-state index in [1.165, 1.54) is 38.2 Å². The van der Waals surface area contributed by atoms with Crippen LogP contribution in [0.25, 0.3) is 0 Å². The molecule has 0 aliphatic heterocycles. The van der Waals surface area contributed by atoms with E-state index in [0.29, 0.717) is 11.1 Å². The first-order chi connectivity index (χ1) is 9.65. The van der Waals surface area contributed by atoms with Crippen molar-refractivity contribution < 1.29 is 9.18 Å². The van der Waals surface area contributed by atoms with Crippen LogP contribution in [-0.2, 0) is 0 Å². The van der Waals surface area contributed by atoms with Gasteiger partial charge in [0.2, 0.25) is 0 Å². The quantitative estimate of drug-likeness (QED) is 0.699. The largest absolute Gasteiger partial charge is 0.294 e. The van der Waals surface area contributed by atoms with E-state index in [9.17, 15) is 9.18 Å². The zero-order valence-electron chi connectivity index (χ0n) is 12.2. The number of ketones is 1. The van der Waals surface area contributed by atoms with Crippen molar-refractivity contribution in [2.45, 2.75) is 51.9 Å². The second-order valence-electron chi connectivity index (χ2n) is 6.64. The van der Waals surface area contributed by atoms with Gasteiger partial charge in [-0.05, 0) is 49.7 Å². The molecule has 3 rings (SSSR count). The maximum Gasteiger partial charge on any atom is 0.166 e. The lowest BCUT2D eigenvalue weighted by Gasteiger charge is -2.38. The van der Waals surface area contributed by atoms with E-state index in [1.807, 2.05) is 0 Å². The van der Waals surface area contributed by atoms with Crippen molar-refractivity contribution in [3.8, 4) is 0 Å². The first-order valence-electron chi connectivity index (χ1n) is 7.95. The molecule has 20 heavy (non-hydrogen) atoms. The van der Waals surface area contributed by atoms with Gasteiger partial charge in [0.15, 0.2) is 5.78 Å². The second-order valence-corrected chi connectivity index (χ2v) is 6.64. The second kappa shape index (κ2) is 5.67. The molecule has 2 heteroatoms. The molecule has 0 saturated heterocycles. The molecule has 3 atom stereocenters. The van der Waals surface area contributed by atoms with E-state index in [2.05, 4.69) is 0 Å². The average Bonchev–Trinajstić information content (AvgIpc) is 2.49. The molecule has 0 radical (unpaired) electrons. The highest BCUT2D eigenvalue weighted by Gasteiger charge is 2.35. The average molecular weight is 274 g/mol. The van der Waals surface area contributed by atoms with Crippen molar-refractivity contribution in [3.05, 3.63) is 35.1 Å². The van der Waals surface area contributed by atoms with Gasteiger partial charge in [0, 0.05) is 11.5 Å². The standard InChI is InChI=1S/C18H23FO/c1-12-6-7-16(11-17(12)19)18(20)15-9-8-13-4-2-3-5-14(13)10-15/h6-7,11,13-15H,2-5,8-10H2,1H3. The maximum absolute atomic E-state index is 13.6. The van der Waals surface area contributed by atoms with Crippen LogP contribution in [0.1, 0.15) is 60.9 Å². The van der Waals surface area contributed by atoms with Gasteiger partial charge in [-0.25, -0.2) is 4.39 Å². The van der Waals surface area contributed by atoms with Gasteiger partial charge < -0.3 is 0 Å². The molecule has 1 nitrogen and oxygen atoms in total. The van der Waals surface area contributed by atoms with Crippen LogP contribution in [0.2, 0.25) is 0 Å². The van der Waals surface area contributed by atoms with E-state index < -0.39 is 0 Å². The predicted octanol–water partition coefficient (Wildman–Crippen LogP) is 4.92. The smallest absolute Gasteiger partial charge is 0.166 e. The fourth-order valence-electron chi connectivity index (χ4n) is 4.09. The van der Waals surface area contributed by atoms with Crippen LogP contribution in [0.4, 0.5) is 4.39 Å². The minimum Gasteiger partial charge on any atom is -0.294 e. The van der Waals surface area contributed by atoms with Gasteiger partial charge in [-0.1, -0.05) is 37.8 Å². The molecule has 0 spiro atoms. The van der Waals surface area contributed by atoms with Crippen LogP contribution in [0.3, 0.4) is 0 Å². The van der Waals surface area contributed by atoms with E-state index in [-0.39, 0.29) is 17.5 Å². The van der Waals surface area contributed by atoms with Crippen LogP contribution >= 0.6 is 0 Å². The highest BCUT2D eigenvalue weighted by molar-refractivity contribution is 5.98. The molecule has 1 aromatic rings. The monoisotopic (exact) mass is 274 g/mol.